The van der Waals surface area contributed by atoms with E-state index in [0.29, 0.717) is 5.58 Å². The van der Waals surface area contributed by atoms with Crippen LogP contribution in [0.5, 0.6) is 0 Å². The van der Waals surface area contributed by atoms with E-state index in [1.54, 1.807) is 6.07 Å². The van der Waals surface area contributed by atoms with Crippen LogP contribution >= 0.6 is 15.9 Å². The fraction of sp³-hybridized carbons (Fsp3) is 0.357. The van der Waals surface area contributed by atoms with Gasteiger partial charge in [-0.05, 0) is 30.2 Å². The lowest BCUT2D eigenvalue weighted by molar-refractivity contribution is 0.327. The molecule has 2 N–H and O–H groups in total. The maximum atomic E-state index is 11.6. The van der Waals surface area contributed by atoms with Crippen molar-refractivity contribution in [3.8, 4) is 0 Å². The van der Waals surface area contributed by atoms with Crippen molar-refractivity contribution in [1.29, 1.82) is 0 Å². The number of nitrogens with two attached hydrogens (primary N) is 1. The van der Waals surface area contributed by atoms with Crippen LogP contribution < -0.4 is 11.4 Å². The highest BCUT2D eigenvalue weighted by atomic mass is 79.9. The monoisotopic (exact) mass is 322 g/mol. The first-order valence-corrected chi connectivity index (χ1v) is 7.11. The molecule has 2 aromatic rings. The van der Waals surface area contributed by atoms with Gasteiger partial charge in [0.2, 0.25) is 0 Å². The van der Waals surface area contributed by atoms with Gasteiger partial charge in [0, 0.05) is 41.6 Å². The number of halogens is 1. The van der Waals surface area contributed by atoms with Crippen molar-refractivity contribution in [2.24, 2.45) is 5.73 Å². The zero-order chi connectivity index (χ0) is 13.4. The third-order valence-corrected chi connectivity index (χ3v) is 3.99. The van der Waals surface area contributed by atoms with Crippen LogP contribution in [0.3, 0.4) is 0 Å². The number of nitrogens with zero attached hydrogens (tertiary/aromatic N) is 1. The molecule has 1 fully saturated rings. The molecule has 0 saturated carbocycles. The second kappa shape index (κ2) is 5.07. The molecule has 1 atom stereocenters. The van der Waals surface area contributed by atoms with Gasteiger partial charge in [-0.3, -0.25) is 4.90 Å². The zero-order valence-electron chi connectivity index (χ0n) is 10.4. The molecule has 0 radical (unpaired) electrons. The highest BCUT2D eigenvalue weighted by molar-refractivity contribution is 9.10. The minimum Gasteiger partial charge on any atom is -0.423 e. The van der Waals surface area contributed by atoms with Crippen molar-refractivity contribution in [2.45, 2.75) is 19.0 Å². The van der Waals surface area contributed by atoms with E-state index in [0.717, 1.165) is 41.5 Å². The van der Waals surface area contributed by atoms with Crippen molar-refractivity contribution < 1.29 is 4.42 Å². The lowest BCUT2D eigenvalue weighted by Gasteiger charge is -2.16. The molecule has 0 aliphatic carbocycles. The Kier molecular flexibility index (Phi) is 3.43. The molecule has 1 aliphatic heterocycles. The van der Waals surface area contributed by atoms with E-state index in [4.69, 9.17) is 10.2 Å². The molecule has 1 aromatic carbocycles. The Balaban J connectivity index is 2.00. The highest BCUT2D eigenvalue weighted by Gasteiger charge is 2.20. The van der Waals surface area contributed by atoms with E-state index in [1.807, 2.05) is 18.2 Å². The predicted octanol–water partition coefficient (Wildman–Crippen LogP) is 2.09. The Labute approximate surface area is 119 Å². The minimum atomic E-state index is -0.302. The van der Waals surface area contributed by atoms with Crippen LogP contribution in [0.25, 0.3) is 11.0 Å². The second-order valence-corrected chi connectivity index (χ2v) is 5.93. The van der Waals surface area contributed by atoms with Gasteiger partial charge in [0.1, 0.15) is 5.58 Å². The van der Waals surface area contributed by atoms with Gasteiger partial charge in [-0.1, -0.05) is 15.9 Å². The maximum absolute atomic E-state index is 11.6. The summed E-state index contributed by atoms with van der Waals surface area (Å²) in [5.74, 6) is 0. The summed E-state index contributed by atoms with van der Waals surface area (Å²) < 4.78 is 6.15. The van der Waals surface area contributed by atoms with Crippen molar-refractivity contribution in [1.82, 2.24) is 4.90 Å². The summed E-state index contributed by atoms with van der Waals surface area (Å²) >= 11 is 3.39. The highest BCUT2D eigenvalue weighted by Crippen LogP contribution is 2.23. The topological polar surface area (TPSA) is 59.5 Å². The van der Waals surface area contributed by atoms with Crippen LogP contribution in [0.1, 0.15) is 12.0 Å². The Morgan fingerprint density at radius 3 is 3.00 bits per heavy atom. The molecule has 3 rings (SSSR count). The Bertz CT molecular complexity index is 668. The molecular weight excluding hydrogens is 308 g/mol. The molecule has 0 amide bonds. The summed E-state index contributed by atoms with van der Waals surface area (Å²) in [4.78, 5) is 13.9. The van der Waals surface area contributed by atoms with E-state index >= 15 is 0 Å². The third-order valence-electron chi connectivity index (χ3n) is 3.50. The largest absolute Gasteiger partial charge is 0.423 e. The smallest absolute Gasteiger partial charge is 0.336 e. The first-order chi connectivity index (χ1) is 9.11. The molecule has 100 valence electrons. The average Bonchev–Trinajstić information content (AvgIpc) is 2.74. The number of benzene rings is 1. The van der Waals surface area contributed by atoms with Gasteiger partial charge in [-0.25, -0.2) is 4.79 Å². The SMILES string of the molecule is N[C@H]1CCN(Cc2cc(=O)oc3cc(Br)ccc23)C1. The molecule has 1 aliphatic rings. The van der Waals surface area contributed by atoms with Crippen molar-refractivity contribution >= 4 is 26.9 Å². The third kappa shape index (κ3) is 2.73. The lowest BCUT2D eigenvalue weighted by Crippen LogP contribution is -2.26. The lowest BCUT2D eigenvalue weighted by atomic mass is 10.1. The van der Waals surface area contributed by atoms with Crippen LogP contribution in [0.2, 0.25) is 0 Å². The summed E-state index contributed by atoms with van der Waals surface area (Å²) in [7, 11) is 0. The minimum absolute atomic E-state index is 0.250. The zero-order valence-corrected chi connectivity index (χ0v) is 12.0. The van der Waals surface area contributed by atoms with Gasteiger partial charge in [-0.2, -0.15) is 0 Å². The molecule has 5 heteroatoms. The van der Waals surface area contributed by atoms with E-state index in [-0.39, 0.29) is 11.7 Å². The van der Waals surface area contributed by atoms with E-state index in [9.17, 15) is 4.79 Å². The first-order valence-electron chi connectivity index (χ1n) is 6.32. The predicted molar refractivity (Wildman–Crippen MR) is 78.1 cm³/mol. The van der Waals surface area contributed by atoms with Gasteiger partial charge in [0.05, 0.1) is 0 Å². The van der Waals surface area contributed by atoms with Crippen LogP contribution in [-0.4, -0.2) is 24.0 Å². The second-order valence-electron chi connectivity index (χ2n) is 5.02. The molecule has 0 unspecified atom stereocenters. The van der Waals surface area contributed by atoms with E-state index < -0.39 is 0 Å². The first kappa shape index (κ1) is 12.8. The van der Waals surface area contributed by atoms with E-state index in [1.165, 1.54) is 0 Å². The molecule has 1 saturated heterocycles. The molecule has 0 spiro atoms. The molecular formula is C14H15BrN2O2. The van der Waals surface area contributed by atoms with Gasteiger partial charge in [0.25, 0.3) is 0 Å². The number of hydrogen-bond donors (Lipinski definition) is 1. The standard InChI is InChI=1S/C14H15BrN2O2/c15-10-1-2-12-9(5-14(18)19-13(12)6-10)7-17-4-3-11(16)8-17/h1-2,5-6,11H,3-4,7-8,16H2/t11-/m0/s1. The van der Waals surface area contributed by atoms with Gasteiger partial charge < -0.3 is 10.2 Å². The van der Waals surface area contributed by atoms with Crippen molar-refractivity contribution in [2.75, 3.05) is 13.1 Å². The number of fused-ring (bicyclic) bond motifs is 1. The summed E-state index contributed by atoms with van der Waals surface area (Å²) in [5.41, 5.74) is 7.24. The Morgan fingerprint density at radius 2 is 2.26 bits per heavy atom. The summed E-state index contributed by atoms with van der Waals surface area (Å²) in [5, 5.41) is 0.989. The summed E-state index contributed by atoms with van der Waals surface area (Å²) in [6, 6.07) is 7.60. The van der Waals surface area contributed by atoms with E-state index in [2.05, 4.69) is 20.8 Å². The normalized spacial score (nSPS) is 20.2. The summed E-state index contributed by atoms with van der Waals surface area (Å²) in [6.07, 6.45) is 1.02. The molecule has 19 heavy (non-hydrogen) atoms. The van der Waals surface area contributed by atoms with Crippen LogP contribution in [0, 0.1) is 0 Å². The number of hydrogen-bond acceptors (Lipinski definition) is 4. The molecule has 0 bridgehead atoms. The van der Waals surface area contributed by atoms with Crippen LogP contribution in [-0.2, 0) is 6.54 Å². The number of likely N-dealkylation sites (tertiary alicyclic amines) is 1. The molecule has 1 aromatic heterocycles. The molecule has 4 nitrogen and oxygen atoms in total. The fourth-order valence-electron chi connectivity index (χ4n) is 2.58. The van der Waals surface area contributed by atoms with Gasteiger partial charge >= 0.3 is 5.63 Å². The van der Waals surface area contributed by atoms with Crippen molar-refractivity contribution in [3.05, 3.63) is 44.7 Å². The fourth-order valence-corrected chi connectivity index (χ4v) is 2.92. The summed E-state index contributed by atoms with van der Waals surface area (Å²) in [6.45, 7) is 2.62. The van der Waals surface area contributed by atoms with Gasteiger partial charge in [-0.15, -0.1) is 0 Å². The molecule has 2 heterocycles. The van der Waals surface area contributed by atoms with Crippen LogP contribution in [0.15, 0.2) is 37.9 Å². The maximum Gasteiger partial charge on any atom is 0.336 e. The Morgan fingerprint density at radius 1 is 1.42 bits per heavy atom. The van der Waals surface area contributed by atoms with Crippen LogP contribution in [0.4, 0.5) is 0 Å². The quantitative estimate of drug-likeness (QED) is 0.860. The van der Waals surface area contributed by atoms with Gasteiger partial charge in [0.15, 0.2) is 0 Å². The van der Waals surface area contributed by atoms with Crippen molar-refractivity contribution in [3.63, 3.8) is 0 Å². The Hall–Kier alpha value is -1.17. The average molecular weight is 323 g/mol. The number of rotatable bonds is 2.